The van der Waals surface area contributed by atoms with Gasteiger partial charge in [0.1, 0.15) is 22.9 Å². The molecular weight excluding hydrogens is 437 g/mol. The van der Waals surface area contributed by atoms with E-state index >= 15 is 0 Å². The molecule has 1 fully saturated rings. The molecule has 1 aliphatic rings. The number of amides is 1. The van der Waals surface area contributed by atoms with Gasteiger partial charge in [-0.1, -0.05) is 0 Å². The number of hydrogen-bond donors (Lipinski definition) is 2. The summed E-state index contributed by atoms with van der Waals surface area (Å²) >= 11 is 0. The monoisotopic (exact) mass is 453 g/mol. The second-order valence-corrected chi connectivity index (χ2v) is 7.12. The Hall–Kier alpha value is -3.64. The number of halogens is 5. The second kappa shape index (κ2) is 8.48. The zero-order valence-electron chi connectivity index (χ0n) is 16.3. The van der Waals surface area contributed by atoms with Gasteiger partial charge in [-0.3, -0.25) is 4.79 Å². The lowest BCUT2D eigenvalue weighted by Crippen LogP contribution is -2.44. The van der Waals surface area contributed by atoms with E-state index in [1.54, 1.807) is 0 Å². The predicted octanol–water partition coefficient (Wildman–Crippen LogP) is 3.12. The Balaban J connectivity index is 1.52. The summed E-state index contributed by atoms with van der Waals surface area (Å²) in [6.07, 6.45) is 1.25. The SMILES string of the molecule is O=C(NC1CCC[C@@H]1Nc1cnc(C(F)(F)F)cn1)c1c(F)ccc(F)c1-n1nccn1. The Morgan fingerprint density at radius 1 is 1.00 bits per heavy atom. The molecule has 2 atom stereocenters. The molecule has 0 spiro atoms. The summed E-state index contributed by atoms with van der Waals surface area (Å²) in [4.78, 5) is 20.8. The number of hydrogen-bond acceptors (Lipinski definition) is 6. The Morgan fingerprint density at radius 2 is 1.69 bits per heavy atom. The lowest BCUT2D eigenvalue weighted by atomic mass is 10.1. The van der Waals surface area contributed by atoms with Crippen molar-refractivity contribution in [3.8, 4) is 5.69 Å². The number of carbonyl (C=O) groups excluding carboxylic acids is 1. The van der Waals surface area contributed by atoms with Crippen LogP contribution in [0.1, 0.15) is 35.3 Å². The standard InChI is InChI=1S/C19H16F5N7O/c20-10-4-5-11(21)17(31-27-6-7-28-31)16(10)18(32)30-13-3-1-2-12(13)29-15-9-25-14(8-26-15)19(22,23)24/h4-9,12-13H,1-3H2,(H,26,29)(H,30,32)/t12-,13?/m0/s1. The molecule has 2 aromatic heterocycles. The van der Waals surface area contributed by atoms with Gasteiger partial charge in [-0.2, -0.15) is 23.4 Å². The number of carbonyl (C=O) groups is 1. The fraction of sp³-hybridized carbons (Fsp3) is 0.316. The number of aromatic nitrogens is 5. The van der Waals surface area contributed by atoms with E-state index in [-0.39, 0.29) is 5.82 Å². The molecule has 1 unspecified atom stereocenters. The largest absolute Gasteiger partial charge is 0.434 e. The van der Waals surface area contributed by atoms with Crippen LogP contribution in [0.25, 0.3) is 5.69 Å². The van der Waals surface area contributed by atoms with E-state index in [9.17, 15) is 26.7 Å². The average molecular weight is 453 g/mol. The Labute approximate surface area is 177 Å². The lowest BCUT2D eigenvalue weighted by molar-refractivity contribution is -0.141. The van der Waals surface area contributed by atoms with Crippen molar-refractivity contribution >= 4 is 11.7 Å². The highest BCUT2D eigenvalue weighted by Gasteiger charge is 2.34. The van der Waals surface area contributed by atoms with Gasteiger partial charge in [0.05, 0.1) is 24.8 Å². The van der Waals surface area contributed by atoms with E-state index in [1.165, 1.54) is 12.4 Å². The molecule has 0 aliphatic heterocycles. The van der Waals surface area contributed by atoms with Gasteiger partial charge in [-0.15, -0.1) is 4.80 Å². The molecule has 168 valence electrons. The third kappa shape index (κ3) is 4.36. The number of benzene rings is 1. The Kier molecular flexibility index (Phi) is 5.72. The van der Waals surface area contributed by atoms with Crippen LogP contribution >= 0.6 is 0 Å². The molecule has 2 heterocycles. The van der Waals surface area contributed by atoms with Gasteiger partial charge >= 0.3 is 6.18 Å². The molecule has 0 bridgehead atoms. The van der Waals surface area contributed by atoms with Crippen molar-refractivity contribution in [2.45, 2.75) is 37.5 Å². The van der Waals surface area contributed by atoms with Gasteiger partial charge in [0.25, 0.3) is 5.91 Å². The van der Waals surface area contributed by atoms with Gasteiger partial charge < -0.3 is 10.6 Å². The van der Waals surface area contributed by atoms with Gasteiger partial charge in [0, 0.05) is 12.1 Å². The lowest BCUT2D eigenvalue weighted by Gasteiger charge is -2.23. The molecular formula is C19H16F5N7O. The van der Waals surface area contributed by atoms with Crippen LogP contribution in [0.3, 0.4) is 0 Å². The molecule has 1 aromatic carbocycles. The second-order valence-electron chi connectivity index (χ2n) is 7.12. The van der Waals surface area contributed by atoms with Crippen molar-refractivity contribution < 1.29 is 26.7 Å². The third-order valence-electron chi connectivity index (χ3n) is 5.03. The highest BCUT2D eigenvalue weighted by Crippen LogP contribution is 2.28. The first kappa shape index (κ1) is 21.6. The Bertz CT molecular complexity index is 1100. The van der Waals surface area contributed by atoms with Crippen molar-refractivity contribution in [2.75, 3.05) is 5.32 Å². The first-order chi connectivity index (χ1) is 15.2. The number of anilines is 1. The van der Waals surface area contributed by atoms with Gasteiger partial charge in [-0.25, -0.2) is 18.7 Å². The van der Waals surface area contributed by atoms with E-state index in [4.69, 9.17) is 0 Å². The maximum absolute atomic E-state index is 14.5. The summed E-state index contributed by atoms with van der Waals surface area (Å²) in [5, 5.41) is 13.1. The minimum Gasteiger partial charge on any atom is -0.364 e. The predicted molar refractivity (Wildman–Crippen MR) is 101 cm³/mol. The molecule has 1 amide bonds. The van der Waals surface area contributed by atoms with Crippen molar-refractivity contribution in [1.82, 2.24) is 30.3 Å². The molecule has 8 nitrogen and oxygen atoms in total. The highest BCUT2D eigenvalue weighted by molar-refractivity contribution is 5.98. The van der Waals surface area contributed by atoms with Gasteiger partial charge in [0.2, 0.25) is 0 Å². The van der Waals surface area contributed by atoms with Crippen molar-refractivity contribution in [3.05, 3.63) is 59.8 Å². The summed E-state index contributed by atoms with van der Waals surface area (Å²) in [6.45, 7) is 0. The van der Waals surface area contributed by atoms with Gasteiger partial charge in [-0.05, 0) is 31.4 Å². The van der Waals surface area contributed by atoms with Crippen molar-refractivity contribution in [2.24, 2.45) is 0 Å². The maximum atomic E-state index is 14.5. The Morgan fingerprint density at radius 3 is 2.34 bits per heavy atom. The molecule has 1 saturated carbocycles. The van der Waals surface area contributed by atoms with E-state index in [0.717, 1.165) is 23.1 Å². The van der Waals surface area contributed by atoms with E-state index in [1.807, 2.05) is 0 Å². The number of nitrogens with one attached hydrogen (secondary N) is 2. The van der Waals surface area contributed by atoms with Crippen LogP contribution in [0, 0.1) is 11.6 Å². The van der Waals surface area contributed by atoms with Crippen LogP contribution < -0.4 is 10.6 Å². The normalized spacial score (nSPS) is 18.5. The highest BCUT2D eigenvalue weighted by atomic mass is 19.4. The molecule has 2 N–H and O–H groups in total. The first-order valence-corrected chi connectivity index (χ1v) is 9.55. The summed E-state index contributed by atoms with van der Waals surface area (Å²) in [7, 11) is 0. The van der Waals surface area contributed by atoms with Crippen molar-refractivity contribution in [1.29, 1.82) is 0 Å². The number of rotatable bonds is 5. The summed E-state index contributed by atoms with van der Waals surface area (Å²) < 4.78 is 66.8. The summed E-state index contributed by atoms with van der Waals surface area (Å²) in [5.74, 6) is -2.60. The smallest absolute Gasteiger partial charge is 0.364 e. The van der Waals surface area contributed by atoms with Crippen LogP contribution in [0.2, 0.25) is 0 Å². The molecule has 4 rings (SSSR count). The fourth-order valence-electron chi connectivity index (χ4n) is 3.57. The molecule has 32 heavy (non-hydrogen) atoms. The molecule has 0 radical (unpaired) electrons. The molecule has 3 aromatic rings. The van der Waals surface area contributed by atoms with Gasteiger partial charge in [0.15, 0.2) is 11.5 Å². The minimum absolute atomic E-state index is 0.0996. The number of alkyl halides is 3. The topological polar surface area (TPSA) is 97.6 Å². The minimum atomic E-state index is -4.61. The molecule has 1 aliphatic carbocycles. The molecule has 13 heteroatoms. The first-order valence-electron chi connectivity index (χ1n) is 9.55. The van der Waals surface area contributed by atoms with Crippen LogP contribution in [-0.2, 0) is 6.18 Å². The molecule has 0 saturated heterocycles. The van der Waals surface area contributed by atoms with Crippen molar-refractivity contribution in [3.63, 3.8) is 0 Å². The van der Waals surface area contributed by atoms with E-state index in [0.29, 0.717) is 25.5 Å². The van der Waals surface area contributed by atoms with Crippen LogP contribution in [0.4, 0.5) is 27.8 Å². The quantitative estimate of drug-likeness (QED) is 0.577. The van der Waals surface area contributed by atoms with E-state index in [2.05, 4.69) is 30.8 Å². The van der Waals surface area contributed by atoms with Crippen LogP contribution in [0.15, 0.2) is 36.9 Å². The average Bonchev–Trinajstić information content (AvgIpc) is 3.42. The van der Waals surface area contributed by atoms with E-state index < -0.39 is 52.7 Å². The summed E-state index contributed by atoms with van der Waals surface area (Å²) in [5.41, 5.74) is -2.11. The van der Waals surface area contributed by atoms with Crippen LogP contribution in [-0.4, -0.2) is 43.0 Å². The third-order valence-corrected chi connectivity index (χ3v) is 5.03. The fourth-order valence-corrected chi connectivity index (χ4v) is 3.57. The summed E-state index contributed by atoms with van der Waals surface area (Å²) in [6, 6.07) is 0.800. The zero-order valence-corrected chi connectivity index (χ0v) is 16.3. The van der Waals surface area contributed by atoms with Crippen LogP contribution in [0.5, 0.6) is 0 Å². The zero-order chi connectivity index (χ0) is 22.9. The number of nitrogens with zero attached hydrogens (tertiary/aromatic N) is 5. The maximum Gasteiger partial charge on any atom is 0.434 e.